The molecule has 4 rings (SSSR count). The number of benzene rings is 1. The summed E-state index contributed by atoms with van der Waals surface area (Å²) in [5.41, 5.74) is 3.57. The van der Waals surface area contributed by atoms with Gasteiger partial charge in [-0.1, -0.05) is 11.6 Å². The maximum absolute atomic E-state index is 9.81. The third kappa shape index (κ3) is 2.70. The number of aryl methyl sites for hydroxylation is 2. The number of furan rings is 1. The highest BCUT2D eigenvalue weighted by molar-refractivity contribution is 5.82. The van der Waals surface area contributed by atoms with Crippen molar-refractivity contribution in [2.24, 2.45) is 11.8 Å². The zero-order chi connectivity index (χ0) is 16.1. The number of rotatable bonds is 3. The van der Waals surface area contributed by atoms with Crippen LogP contribution >= 0.6 is 0 Å². The molecule has 2 fully saturated rings. The molecule has 1 aromatic heterocycles. The van der Waals surface area contributed by atoms with Crippen LogP contribution in [0.25, 0.3) is 11.0 Å². The predicted octanol–water partition coefficient (Wildman–Crippen LogP) is 4.03. The van der Waals surface area contributed by atoms with Crippen LogP contribution in [0.15, 0.2) is 22.6 Å². The van der Waals surface area contributed by atoms with E-state index < -0.39 is 0 Å². The molecule has 0 bridgehead atoms. The summed E-state index contributed by atoms with van der Waals surface area (Å²) in [5, 5.41) is 11.1. The van der Waals surface area contributed by atoms with Crippen LogP contribution in [0.5, 0.6) is 0 Å². The van der Waals surface area contributed by atoms with Gasteiger partial charge in [0.25, 0.3) is 0 Å². The van der Waals surface area contributed by atoms with E-state index in [-0.39, 0.29) is 6.10 Å². The van der Waals surface area contributed by atoms with Crippen LogP contribution in [0, 0.1) is 25.7 Å². The average Bonchev–Trinajstić information content (AvgIpc) is 3.12. The third-order valence-electron chi connectivity index (χ3n) is 6.17. The van der Waals surface area contributed by atoms with E-state index in [9.17, 15) is 5.11 Å². The molecule has 23 heavy (non-hydrogen) atoms. The Hall–Kier alpha value is -1.32. The fourth-order valence-corrected chi connectivity index (χ4v) is 4.80. The van der Waals surface area contributed by atoms with Gasteiger partial charge in [0.05, 0.1) is 12.6 Å². The first-order chi connectivity index (χ1) is 11.0. The van der Waals surface area contributed by atoms with E-state index in [4.69, 9.17) is 4.42 Å². The van der Waals surface area contributed by atoms with E-state index in [1.165, 1.54) is 29.4 Å². The number of fused-ring (bicyclic) bond motifs is 2. The maximum Gasteiger partial charge on any atom is 0.134 e. The Morgan fingerprint density at radius 1 is 1.13 bits per heavy atom. The molecular formula is C20H27NO2. The molecule has 2 unspecified atom stereocenters. The first-order valence-electron chi connectivity index (χ1n) is 8.88. The smallest absolute Gasteiger partial charge is 0.134 e. The van der Waals surface area contributed by atoms with Crippen LogP contribution in [0.4, 0.5) is 0 Å². The van der Waals surface area contributed by atoms with Gasteiger partial charge in [0.15, 0.2) is 0 Å². The zero-order valence-electron chi connectivity index (χ0n) is 14.4. The quantitative estimate of drug-likeness (QED) is 0.929. The molecule has 0 radical (unpaired) electrons. The molecule has 1 heterocycles. The highest BCUT2D eigenvalue weighted by Crippen LogP contribution is 2.45. The molecule has 2 aliphatic carbocycles. The number of hydrogen-bond donors (Lipinski definition) is 1. The maximum atomic E-state index is 9.81. The highest BCUT2D eigenvalue weighted by Gasteiger charge is 2.42. The Balaban J connectivity index is 1.49. The van der Waals surface area contributed by atoms with Crippen LogP contribution in [0.1, 0.15) is 42.6 Å². The van der Waals surface area contributed by atoms with Crippen LogP contribution in [-0.2, 0) is 6.54 Å². The summed E-state index contributed by atoms with van der Waals surface area (Å²) < 4.78 is 6.11. The third-order valence-corrected chi connectivity index (χ3v) is 6.17. The van der Waals surface area contributed by atoms with Crippen molar-refractivity contribution in [2.45, 2.75) is 58.2 Å². The Labute approximate surface area is 138 Å². The van der Waals surface area contributed by atoms with Gasteiger partial charge in [-0.2, -0.15) is 0 Å². The van der Waals surface area contributed by atoms with Crippen molar-refractivity contribution in [3.8, 4) is 0 Å². The van der Waals surface area contributed by atoms with Gasteiger partial charge in [0.2, 0.25) is 0 Å². The fraction of sp³-hybridized carbons (Fsp3) is 0.600. The second-order valence-corrected chi connectivity index (χ2v) is 7.84. The van der Waals surface area contributed by atoms with Gasteiger partial charge in [-0.3, -0.25) is 4.90 Å². The van der Waals surface area contributed by atoms with Crippen molar-refractivity contribution in [1.82, 2.24) is 4.90 Å². The highest BCUT2D eigenvalue weighted by atomic mass is 16.3. The average molecular weight is 313 g/mol. The van der Waals surface area contributed by atoms with Crippen molar-refractivity contribution in [3.05, 3.63) is 35.1 Å². The monoisotopic (exact) mass is 313 g/mol. The van der Waals surface area contributed by atoms with E-state index in [1.807, 2.05) is 0 Å². The molecule has 124 valence electrons. The molecule has 1 N–H and O–H groups in total. The summed E-state index contributed by atoms with van der Waals surface area (Å²) >= 11 is 0. The van der Waals surface area contributed by atoms with Gasteiger partial charge in [-0.25, -0.2) is 0 Å². The van der Waals surface area contributed by atoms with E-state index in [0.29, 0.717) is 6.04 Å². The van der Waals surface area contributed by atoms with Crippen LogP contribution < -0.4 is 0 Å². The van der Waals surface area contributed by atoms with E-state index in [0.717, 1.165) is 42.6 Å². The molecule has 2 aliphatic rings. The molecule has 3 nitrogen and oxygen atoms in total. The minimum absolute atomic E-state index is 0.0443. The van der Waals surface area contributed by atoms with Crippen LogP contribution in [0.2, 0.25) is 0 Å². The minimum Gasteiger partial charge on any atom is -0.459 e. The molecule has 0 saturated heterocycles. The molecular weight excluding hydrogens is 286 g/mol. The number of aliphatic hydroxyl groups is 1. The van der Waals surface area contributed by atoms with Gasteiger partial charge in [-0.05, 0) is 76.1 Å². The topological polar surface area (TPSA) is 36.6 Å². The number of hydrogen-bond acceptors (Lipinski definition) is 3. The van der Waals surface area contributed by atoms with Gasteiger partial charge in [0, 0.05) is 11.4 Å². The van der Waals surface area contributed by atoms with E-state index in [2.05, 4.69) is 44.0 Å². The summed E-state index contributed by atoms with van der Waals surface area (Å²) in [4.78, 5) is 2.46. The summed E-state index contributed by atoms with van der Waals surface area (Å²) in [5.74, 6) is 2.57. The molecule has 2 aromatic rings. The minimum atomic E-state index is -0.0443. The Bertz CT molecular complexity index is 706. The molecule has 1 aromatic carbocycles. The normalized spacial score (nSPS) is 30.5. The van der Waals surface area contributed by atoms with Crippen molar-refractivity contribution in [2.75, 3.05) is 7.05 Å². The lowest BCUT2D eigenvalue weighted by Crippen LogP contribution is -2.30. The first kappa shape index (κ1) is 15.2. The molecule has 4 atom stereocenters. The summed E-state index contributed by atoms with van der Waals surface area (Å²) in [7, 11) is 2.22. The second kappa shape index (κ2) is 5.64. The van der Waals surface area contributed by atoms with Gasteiger partial charge in [0.1, 0.15) is 11.3 Å². The van der Waals surface area contributed by atoms with Crippen LogP contribution in [-0.4, -0.2) is 29.2 Å². The largest absolute Gasteiger partial charge is 0.459 e. The Morgan fingerprint density at radius 2 is 1.83 bits per heavy atom. The van der Waals surface area contributed by atoms with Crippen molar-refractivity contribution in [3.63, 3.8) is 0 Å². The number of nitrogens with zero attached hydrogens (tertiary/aromatic N) is 1. The Kier molecular flexibility index (Phi) is 3.73. The second-order valence-electron chi connectivity index (χ2n) is 7.84. The van der Waals surface area contributed by atoms with Crippen molar-refractivity contribution < 1.29 is 9.52 Å². The SMILES string of the molecule is Cc1ccc2oc(CN(C)C3C[C@H]4CC(O)C[C@H]4C3)c(C)c2c1. The van der Waals surface area contributed by atoms with Gasteiger partial charge in [-0.15, -0.1) is 0 Å². The molecule has 2 saturated carbocycles. The number of aliphatic hydroxyl groups excluding tert-OH is 1. The summed E-state index contributed by atoms with van der Waals surface area (Å²) in [6.45, 7) is 5.18. The van der Waals surface area contributed by atoms with Gasteiger partial charge >= 0.3 is 0 Å². The standard InChI is InChI=1S/C20H27NO2/c1-12-4-5-19-18(6-12)13(2)20(23-19)11-21(3)16-7-14-9-17(22)10-15(14)8-16/h4-6,14-17,22H,7-11H2,1-3H3/t14-,15+,16?,17?. The Morgan fingerprint density at radius 3 is 2.52 bits per heavy atom. The predicted molar refractivity (Wildman–Crippen MR) is 92.4 cm³/mol. The van der Waals surface area contributed by atoms with E-state index >= 15 is 0 Å². The summed E-state index contributed by atoms with van der Waals surface area (Å²) in [6, 6.07) is 7.05. The van der Waals surface area contributed by atoms with Crippen molar-refractivity contribution in [1.29, 1.82) is 0 Å². The molecule has 0 amide bonds. The fourth-order valence-electron chi connectivity index (χ4n) is 4.80. The summed E-state index contributed by atoms with van der Waals surface area (Å²) in [6.07, 6.45) is 4.44. The zero-order valence-corrected chi connectivity index (χ0v) is 14.4. The lowest BCUT2D eigenvalue weighted by atomic mass is 10.0. The van der Waals surface area contributed by atoms with E-state index in [1.54, 1.807) is 0 Å². The molecule has 0 spiro atoms. The van der Waals surface area contributed by atoms with Gasteiger partial charge < -0.3 is 9.52 Å². The van der Waals surface area contributed by atoms with Crippen molar-refractivity contribution >= 4 is 11.0 Å². The lowest BCUT2D eigenvalue weighted by Gasteiger charge is -2.24. The first-order valence-corrected chi connectivity index (χ1v) is 8.88. The van der Waals surface area contributed by atoms with Crippen LogP contribution in [0.3, 0.4) is 0 Å². The molecule has 3 heteroatoms. The molecule has 0 aliphatic heterocycles. The lowest BCUT2D eigenvalue weighted by molar-refractivity contribution is 0.156.